The van der Waals surface area contributed by atoms with Gasteiger partial charge in [-0.25, -0.2) is 18.9 Å². The molecular formula is C20H23FN6O. The van der Waals surface area contributed by atoms with Crippen LogP contribution in [0.5, 0.6) is 0 Å². The van der Waals surface area contributed by atoms with Gasteiger partial charge in [0, 0.05) is 18.0 Å². The summed E-state index contributed by atoms with van der Waals surface area (Å²) >= 11 is 0. The minimum Gasteiger partial charge on any atom is -0.392 e. The lowest BCUT2D eigenvalue weighted by Crippen LogP contribution is -2.46. The number of imidazole rings is 1. The Bertz CT molecular complexity index is 1000. The fourth-order valence-electron chi connectivity index (χ4n) is 3.78. The lowest BCUT2D eigenvalue weighted by Gasteiger charge is -2.28. The Balaban J connectivity index is 1.49. The molecule has 2 fully saturated rings. The number of anilines is 1. The zero-order valence-electron chi connectivity index (χ0n) is 15.5. The van der Waals surface area contributed by atoms with Crippen molar-refractivity contribution in [2.45, 2.75) is 44.0 Å². The Kier molecular flexibility index (Phi) is 4.44. The summed E-state index contributed by atoms with van der Waals surface area (Å²) in [4.78, 5) is 9.11. The summed E-state index contributed by atoms with van der Waals surface area (Å²) in [5.74, 6) is 1.06. The van der Waals surface area contributed by atoms with E-state index in [-0.39, 0.29) is 12.6 Å². The second-order valence-electron chi connectivity index (χ2n) is 7.57. The number of hydrogen-bond acceptors (Lipinski definition) is 6. The first kappa shape index (κ1) is 17.5. The zero-order chi connectivity index (χ0) is 19.1. The van der Waals surface area contributed by atoms with Crippen LogP contribution in [0.25, 0.3) is 17.0 Å². The Labute approximate surface area is 162 Å². The number of fused-ring (bicyclic) bond motifs is 1. The third kappa shape index (κ3) is 3.22. The molecule has 8 heteroatoms. The van der Waals surface area contributed by atoms with Crippen molar-refractivity contribution in [1.82, 2.24) is 24.9 Å². The van der Waals surface area contributed by atoms with E-state index in [0.29, 0.717) is 36.9 Å². The summed E-state index contributed by atoms with van der Waals surface area (Å²) < 4.78 is 15.9. The van der Waals surface area contributed by atoms with Gasteiger partial charge in [-0.3, -0.25) is 0 Å². The molecule has 2 aliphatic rings. The van der Waals surface area contributed by atoms with Crippen molar-refractivity contribution in [2.75, 3.05) is 18.4 Å². The molecule has 1 saturated heterocycles. The SMILES string of the molecule is OCc1cc2ncc(-c3cccc(N[C@H]4CNCC[C@@H]4F)n3)n2nc1C1CC1. The van der Waals surface area contributed by atoms with Crippen LogP contribution in [-0.2, 0) is 6.61 Å². The fraction of sp³-hybridized carbons (Fsp3) is 0.450. The highest BCUT2D eigenvalue weighted by Crippen LogP contribution is 2.41. The van der Waals surface area contributed by atoms with Crippen molar-refractivity contribution in [1.29, 1.82) is 0 Å². The number of alkyl halides is 1. The van der Waals surface area contributed by atoms with E-state index in [1.807, 2.05) is 24.3 Å². The summed E-state index contributed by atoms with van der Waals surface area (Å²) in [7, 11) is 0. The number of nitrogens with one attached hydrogen (secondary N) is 2. The lowest BCUT2D eigenvalue weighted by atomic mass is 10.1. The smallest absolute Gasteiger partial charge is 0.154 e. The van der Waals surface area contributed by atoms with Gasteiger partial charge in [0.05, 0.1) is 30.2 Å². The minimum atomic E-state index is -0.887. The highest BCUT2D eigenvalue weighted by Gasteiger charge is 2.29. The van der Waals surface area contributed by atoms with Gasteiger partial charge in [0.1, 0.15) is 17.7 Å². The van der Waals surface area contributed by atoms with Crippen LogP contribution < -0.4 is 10.6 Å². The van der Waals surface area contributed by atoms with E-state index in [0.717, 1.165) is 35.5 Å². The summed E-state index contributed by atoms with van der Waals surface area (Å²) in [5, 5.41) is 20.8. The van der Waals surface area contributed by atoms with Gasteiger partial charge in [0.25, 0.3) is 0 Å². The van der Waals surface area contributed by atoms with Crippen molar-refractivity contribution in [3.05, 3.63) is 41.7 Å². The molecule has 0 bridgehead atoms. The topological polar surface area (TPSA) is 87.4 Å². The number of rotatable bonds is 5. The maximum absolute atomic E-state index is 14.1. The van der Waals surface area contributed by atoms with Crippen molar-refractivity contribution in [3.8, 4) is 11.4 Å². The molecule has 7 nitrogen and oxygen atoms in total. The molecule has 3 N–H and O–H groups in total. The average Bonchev–Trinajstić information content (AvgIpc) is 3.48. The Morgan fingerprint density at radius 1 is 1.29 bits per heavy atom. The Morgan fingerprint density at radius 2 is 2.18 bits per heavy atom. The number of pyridine rings is 1. The monoisotopic (exact) mass is 382 g/mol. The average molecular weight is 382 g/mol. The molecule has 146 valence electrons. The van der Waals surface area contributed by atoms with E-state index >= 15 is 0 Å². The van der Waals surface area contributed by atoms with Crippen LogP contribution in [0.15, 0.2) is 30.5 Å². The van der Waals surface area contributed by atoms with E-state index < -0.39 is 6.17 Å². The first-order chi connectivity index (χ1) is 13.7. The van der Waals surface area contributed by atoms with Crippen molar-refractivity contribution >= 4 is 11.5 Å². The molecular weight excluding hydrogens is 359 g/mol. The molecule has 1 aliphatic carbocycles. The maximum Gasteiger partial charge on any atom is 0.154 e. The molecule has 2 atom stereocenters. The van der Waals surface area contributed by atoms with Gasteiger partial charge in [0.2, 0.25) is 0 Å². The first-order valence-electron chi connectivity index (χ1n) is 9.80. The number of aliphatic hydroxyl groups is 1. The number of nitrogens with zero attached hydrogens (tertiary/aromatic N) is 4. The van der Waals surface area contributed by atoms with Crippen LogP contribution in [0.3, 0.4) is 0 Å². The predicted molar refractivity (Wildman–Crippen MR) is 104 cm³/mol. The second-order valence-corrected chi connectivity index (χ2v) is 7.57. The van der Waals surface area contributed by atoms with Crippen LogP contribution in [0.2, 0.25) is 0 Å². The van der Waals surface area contributed by atoms with Gasteiger partial charge in [-0.1, -0.05) is 6.07 Å². The molecule has 5 rings (SSSR count). The molecule has 0 aromatic carbocycles. The molecule has 1 aliphatic heterocycles. The van der Waals surface area contributed by atoms with Crippen molar-refractivity contribution < 1.29 is 9.50 Å². The highest BCUT2D eigenvalue weighted by atomic mass is 19.1. The van der Waals surface area contributed by atoms with E-state index in [1.165, 1.54) is 0 Å². The lowest BCUT2D eigenvalue weighted by molar-refractivity contribution is 0.241. The normalized spacial score (nSPS) is 22.5. The maximum atomic E-state index is 14.1. The first-order valence-corrected chi connectivity index (χ1v) is 9.80. The molecule has 0 unspecified atom stereocenters. The highest BCUT2D eigenvalue weighted by molar-refractivity contribution is 5.62. The van der Waals surface area contributed by atoms with Gasteiger partial charge < -0.3 is 15.7 Å². The molecule has 3 aromatic rings. The van der Waals surface area contributed by atoms with E-state index in [1.54, 1.807) is 10.7 Å². The van der Waals surface area contributed by atoms with E-state index in [4.69, 9.17) is 5.10 Å². The molecule has 0 amide bonds. The van der Waals surface area contributed by atoms with Crippen LogP contribution in [0.1, 0.15) is 36.4 Å². The summed E-state index contributed by atoms with van der Waals surface area (Å²) in [6, 6.07) is 7.26. The third-order valence-electron chi connectivity index (χ3n) is 5.48. The van der Waals surface area contributed by atoms with Crippen LogP contribution >= 0.6 is 0 Å². The van der Waals surface area contributed by atoms with Crippen LogP contribution in [0, 0.1) is 0 Å². The Hall–Kier alpha value is -2.58. The summed E-state index contributed by atoms with van der Waals surface area (Å²) in [6.07, 6.45) is 3.57. The number of aliphatic hydroxyl groups excluding tert-OH is 1. The Morgan fingerprint density at radius 3 is 2.96 bits per heavy atom. The molecule has 4 heterocycles. The van der Waals surface area contributed by atoms with Gasteiger partial charge >= 0.3 is 0 Å². The van der Waals surface area contributed by atoms with E-state index in [9.17, 15) is 9.50 Å². The number of aromatic nitrogens is 4. The largest absolute Gasteiger partial charge is 0.392 e. The molecule has 0 radical (unpaired) electrons. The quantitative estimate of drug-likeness (QED) is 0.628. The van der Waals surface area contributed by atoms with Gasteiger partial charge in [-0.05, 0) is 44.0 Å². The number of piperidine rings is 1. The third-order valence-corrected chi connectivity index (χ3v) is 5.48. The zero-order valence-corrected chi connectivity index (χ0v) is 15.5. The van der Waals surface area contributed by atoms with Gasteiger partial charge in [-0.2, -0.15) is 5.10 Å². The van der Waals surface area contributed by atoms with Crippen molar-refractivity contribution in [3.63, 3.8) is 0 Å². The van der Waals surface area contributed by atoms with Crippen molar-refractivity contribution in [2.24, 2.45) is 0 Å². The molecule has 3 aromatic heterocycles. The summed E-state index contributed by atoms with van der Waals surface area (Å²) in [5.41, 5.74) is 3.97. The standard InChI is InChI=1S/C20H23FN6O/c21-14-6-7-22-9-16(14)25-18-3-1-2-15(24-18)17-10-23-19-8-13(11-28)20(12-4-5-12)26-27(17)19/h1-3,8,10,12,14,16,22,28H,4-7,9,11H2,(H,24,25)/t14-,16-/m0/s1. The minimum absolute atomic E-state index is 0.0327. The van der Waals surface area contributed by atoms with Gasteiger partial charge in [0.15, 0.2) is 5.65 Å². The number of halogens is 1. The summed E-state index contributed by atoms with van der Waals surface area (Å²) in [6.45, 7) is 1.26. The molecule has 1 saturated carbocycles. The van der Waals surface area contributed by atoms with Crippen LogP contribution in [-0.4, -0.2) is 50.0 Å². The number of hydrogen-bond donors (Lipinski definition) is 3. The van der Waals surface area contributed by atoms with Gasteiger partial charge in [-0.15, -0.1) is 0 Å². The predicted octanol–water partition coefficient (Wildman–Crippen LogP) is 2.27. The van der Waals surface area contributed by atoms with E-state index in [2.05, 4.69) is 20.6 Å². The molecule has 28 heavy (non-hydrogen) atoms. The second kappa shape index (κ2) is 7.10. The fourth-order valence-corrected chi connectivity index (χ4v) is 3.78. The van der Waals surface area contributed by atoms with Crippen LogP contribution in [0.4, 0.5) is 10.2 Å². The molecule has 0 spiro atoms.